The van der Waals surface area contributed by atoms with Gasteiger partial charge in [0.05, 0.1) is 12.3 Å². The second kappa shape index (κ2) is 5.82. The van der Waals surface area contributed by atoms with Crippen molar-refractivity contribution in [3.05, 3.63) is 0 Å². The number of nitrogens with zero attached hydrogens (tertiary/aromatic N) is 1. The maximum Gasteiger partial charge on any atom is 0.313 e. The monoisotopic (exact) mass is 253 g/mol. The van der Waals surface area contributed by atoms with Crippen molar-refractivity contribution >= 4 is 17.7 Å². The number of likely N-dealkylation sites (tertiary alicyclic amines) is 1. The molecule has 0 amide bonds. The van der Waals surface area contributed by atoms with Crippen molar-refractivity contribution in [3.8, 4) is 0 Å². The molecule has 0 spiro atoms. The highest BCUT2D eigenvalue weighted by molar-refractivity contribution is 7.99. The zero-order valence-electron chi connectivity index (χ0n) is 9.29. The van der Waals surface area contributed by atoms with Gasteiger partial charge in [0.15, 0.2) is 0 Å². The molecular weight excluding hydrogens is 236 g/mol. The van der Waals surface area contributed by atoms with Crippen LogP contribution in [0.3, 0.4) is 0 Å². The summed E-state index contributed by atoms with van der Waals surface area (Å²) in [6.45, 7) is 2.97. The number of carbonyl (C=O) groups is 1. The highest BCUT2D eigenvalue weighted by Gasteiger charge is 2.39. The molecule has 0 aromatic carbocycles. The highest BCUT2D eigenvalue weighted by atomic mass is 32.2. The van der Waals surface area contributed by atoms with E-state index in [9.17, 15) is 13.6 Å². The highest BCUT2D eigenvalue weighted by Crippen LogP contribution is 2.31. The van der Waals surface area contributed by atoms with Gasteiger partial charge in [-0.25, -0.2) is 8.78 Å². The number of rotatable bonds is 5. The topological polar surface area (TPSA) is 40.5 Å². The van der Waals surface area contributed by atoms with Gasteiger partial charge in [0, 0.05) is 13.0 Å². The fourth-order valence-corrected chi connectivity index (χ4v) is 2.82. The number of aliphatic carboxylic acids is 1. The van der Waals surface area contributed by atoms with E-state index in [2.05, 4.69) is 0 Å². The molecule has 1 saturated heterocycles. The van der Waals surface area contributed by atoms with Crippen molar-refractivity contribution in [1.29, 1.82) is 0 Å². The second-order valence-corrected chi connectivity index (χ2v) is 5.19. The Morgan fingerprint density at radius 1 is 1.62 bits per heavy atom. The molecule has 0 aromatic rings. The van der Waals surface area contributed by atoms with Gasteiger partial charge in [0.2, 0.25) is 0 Å². The molecule has 0 bridgehead atoms. The van der Waals surface area contributed by atoms with Gasteiger partial charge in [-0.15, -0.1) is 11.8 Å². The van der Waals surface area contributed by atoms with Gasteiger partial charge >= 0.3 is 5.97 Å². The summed E-state index contributed by atoms with van der Waals surface area (Å²) in [6.07, 6.45) is -0.115. The van der Waals surface area contributed by atoms with Crippen LogP contribution >= 0.6 is 11.8 Å². The molecule has 1 aliphatic heterocycles. The maximum absolute atomic E-state index is 13.3. The largest absolute Gasteiger partial charge is 0.481 e. The molecule has 1 fully saturated rings. The summed E-state index contributed by atoms with van der Waals surface area (Å²) in [5, 5.41) is 8.46. The number of piperidine rings is 1. The Hall–Kier alpha value is -0.360. The molecule has 1 unspecified atom stereocenters. The molecule has 0 saturated carbocycles. The van der Waals surface area contributed by atoms with E-state index >= 15 is 0 Å². The normalized spacial score (nSPS) is 25.6. The molecule has 94 valence electrons. The number of hydrogen-bond donors (Lipinski definition) is 1. The van der Waals surface area contributed by atoms with Crippen LogP contribution < -0.4 is 0 Å². The minimum Gasteiger partial charge on any atom is -0.481 e. The average Bonchev–Trinajstić information content (AvgIpc) is 2.14. The van der Waals surface area contributed by atoms with Gasteiger partial charge in [-0.2, -0.15) is 0 Å². The zero-order chi connectivity index (χ0) is 12.2. The van der Waals surface area contributed by atoms with Crippen LogP contribution in [0.5, 0.6) is 0 Å². The number of thioether (sulfide) groups is 1. The molecule has 0 radical (unpaired) electrons. The third-order valence-electron chi connectivity index (χ3n) is 2.58. The fourth-order valence-electron chi connectivity index (χ4n) is 1.97. The van der Waals surface area contributed by atoms with E-state index in [-0.39, 0.29) is 24.6 Å². The number of carboxylic acid groups (broad SMARTS) is 1. The molecule has 1 atom stereocenters. The SMILES string of the molecule is CCN1CC(CSCC(=O)O)CC(F)(F)C1. The van der Waals surface area contributed by atoms with Crippen LogP contribution in [0.25, 0.3) is 0 Å². The second-order valence-electron chi connectivity index (χ2n) is 4.16. The van der Waals surface area contributed by atoms with Crippen molar-refractivity contribution in [3.63, 3.8) is 0 Å². The predicted molar refractivity (Wildman–Crippen MR) is 60.1 cm³/mol. The van der Waals surface area contributed by atoms with Crippen LogP contribution in [0.15, 0.2) is 0 Å². The van der Waals surface area contributed by atoms with Gasteiger partial charge in [0.25, 0.3) is 5.92 Å². The summed E-state index contributed by atoms with van der Waals surface area (Å²) < 4.78 is 26.6. The summed E-state index contributed by atoms with van der Waals surface area (Å²) in [5.41, 5.74) is 0. The molecule has 16 heavy (non-hydrogen) atoms. The number of hydrogen-bond acceptors (Lipinski definition) is 3. The molecule has 0 aliphatic carbocycles. The van der Waals surface area contributed by atoms with Crippen molar-refractivity contribution in [1.82, 2.24) is 4.90 Å². The predicted octanol–water partition coefficient (Wildman–Crippen LogP) is 1.78. The zero-order valence-corrected chi connectivity index (χ0v) is 10.1. The summed E-state index contributed by atoms with van der Waals surface area (Å²) in [6, 6.07) is 0. The van der Waals surface area contributed by atoms with E-state index in [0.717, 1.165) is 0 Å². The van der Waals surface area contributed by atoms with Gasteiger partial charge in [-0.1, -0.05) is 6.92 Å². The van der Waals surface area contributed by atoms with Gasteiger partial charge in [-0.05, 0) is 18.2 Å². The first-order valence-corrected chi connectivity index (χ1v) is 6.48. The van der Waals surface area contributed by atoms with Crippen LogP contribution in [0, 0.1) is 5.92 Å². The lowest BCUT2D eigenvalue weighted by Gasteiger charge is -2.36. The molecule has 6 heteroatoms. The van der Waals surface area contributed by atoms with Crippen LogP contribution in [-0.4, -0.2) is 53.0 Å². The Morgan fingerprint density at radius 2 is 2.31 bits per heavy atom. The van der Waals surface area contributed by atoms with Crippen molar-refractivity contribution in [2.45, 2.75) is 19.3 Å². The quantitative estimate of drug-likeness (QED) is 0.811. The fraction of sp³-hybridized carbons (Fsp3) is 0.900. The van der Waals surface area contributed by atoms with E-state index < -0.39 is 11.9 Å². The summed E-state index contributed by atoms with van der Waals surface area (Å²) in [5.74, 6) is -3.12. The van der Waals surface area contributed by atoms with Crippen molar-refractivity contribution in [2.24, 2.45) is 5.92 Å². The molecule has 1 N–H and O–H groups in total. The van der Waals surface area contributed by atoms with E-state index in [0.29, 0.717) is 18.8 Å². The number of alkyl halides is 2. The average molecular weight is 253 g/mol. The Labute approximate surface area is 98.2 Å². The Balaban J connectivity index is 2.38. The van der Waals surface area contributed by atoms with Gasteiger partial charge in [0.1, 0.15) is 0 Å². The Kier molecular flexibility index (Phi) is 4.98. The summed E-state index contributed by atoms with van der Waals surface area (Å²) in [7, 11) is 0. The number of carboxylic acids is 1. The lowest BCUT2D eigenvalue weighted by Crippen LogP contribution is -2.47. The third kappa shape index (κ3) is 4.65. The van der Waals surface area contributed by atoms with Gasteiger partial charge in [-0.3, -0.25) is 9.69 Å². The minimum atomic E-state index is -2.62. The van der Waals surface area contributed by atoms with E-state index in [1.807, 2.05) is 6.92 Å². The minimum absolute atomic E-state index is 0.00576. The van der Waals surface area contributed by atoms with E-state index in [1.54, 1.807) is 4.90 Å². The summed E-state index contributed by atoms with van der Waals surface area (Å²) >= 11 is 1.22. The molecular formula is C10H17F2NO2S. The molecule has 1 heterocycles. The van der Waals surface area contributed by atoms with Crippen LogP contribution in [0.1, 0.15) is 13.3 Å². The van der Waals surface area contributed by atoms with Crippen LogP contribution in [-0.2, 0) is 4.79 Å². The number of halogens is 2. The van der Waals surface area contributed by atoms with E-state index in [4.69, 9.17) is 5.11 Å². The first-order valence-electron chi connectivity index (χ1n) is 5.32. The van der Waals surface area contributed by atoms with Crippen LogP contribution in [0.4, 0.5) is 8.78 Å². The molecule has 1 rings (SSSR count). The first-order chi connectivity index (χ1) is 7.43. The standard InChI is InChI=1S/C10H17F2NO2S/c1-2-13-4-8(3-10(11,12)7-13)5-16-6-9(14)15/h8H,2-7H2,1H3,(H,14,15). The Bertz CT molecular complexity index is 251. The lowest BCUT2D eigenvalue weighted by molar-refractivity contribution is -0.133. The third-order valence-corrected chi connectivity index (χ3v) is 3.74. The van der Waals surface area contributed by atoms with Crippen molar-refractivity contribution < 1.29 is 18.7 Å². The molecule has 0 aromatic heterocycles. The Morgan fingerprint density at radius 3 is 2.88 bits per heavy atom. The molecule has 1 aliphatic rings. The van der Waals surface area contributed by atoms with Crippen molar-refractivity contribution in [2.75, 3.05) is 31.1 Å². The summed E-state index contributed by atoms with van der Waals surface area (Å²) in [4.78, 5) is 12.0. The van der Waals surface area contributed by atoms with Gasteiger partial charge < -0.3 is 5.11 Å². The van der Waals surface area contributed by atoms with Crippen LogP contribution in [0.2, 0.25) is 0 Å². The van der Waals surface area contributed by atoms with E-state index in [1.165, 1.54) is 11.8 Å². The molecule has 3 nitrogen and oxygen atoms in total. The lowest BCUT2D eigenvalue weighted by atomic mass is 9.97. The maximum atomic E-state index is 13.3. The smallest absolute Gasteiger partial charge is 0.313 e. The first kappa shape index (κ1) is 13.7.